The number of carbonyl (C=O) groups is 1. The summed E-state index contributed by atoms with van der Waals surface area (Å²) >= 11 is 0. The molecule has 5 nitrogen and oxygen atoms in total. The number of esters is 1. The summed E-state index contributed by atoms with van der Waals surface area (Å²) < 4.78 is 53.2. The molecule has 0 aromatic heterocycles. The predicted molar refractivity (Wildman–Crippen MR) is 79.1 cm³/mol. The molecule has 0 aliphatic heterocycles. The maximum atomic E-state index is 12.5. The van der Waals surface area contributed by atoms with Crippen molar-refractivity contribution in [1.29, 1.82) is 0 Å². The summed E-state index contributed by atoms with van der Waals surface area (Å²) in [5, 5.41) is 0. The maximum Gasteiger partial charge on any atom is 0.350 e. The zero-order valence-corrected chi connectivity index (χ0v) is 13.8. The van der Waals surface area contributed by atoms with Gasteiger partial charge >= 0.3 is 11.7 Å². The zero-order chi connectivity index (χ0) is 16.7. The lowest BCUT2D eigenvalue weighted by Crippen LogP contribution is -2.50. The molecule has 0 spiro atoms. The Balaban J connectivity index is 1.44. The second-order valence-corrected chi connectivity index (χ2v) is 9.12. The van der Waals surface area contributed by atoms with Crippen molar-refractivity contribution in [3.63, 3.8) is 0 Å². The Morgan fingerprint density at radius 1 is 1.13 bits per heavy atom. The van der Waals surface area contributed by atoms with Crippen LogP contribution in [0.2, 0.25) is 0 Å². The molecule has 0 atom stereocenters. The van der Waals surface area contributed by atoms with Crippen molar-refractivity contribution in [3.8, 4) is 0 Å². The van der Waals surface area contributed by atoms with Crippen LogP contribution in [0, 0.1) is 23.2 Å². The van der Waals surface area contributed by atoms with Gasteiger partial charge in [-0.1, -0.05) is 0 Å². The smallest absolute Gasteiger partial charge is 0.350 e. The Labute approximate surface area is 135 Å². The van der Waals surface area contributed by atoms with Crippen molar-refractivity contribution in [3.05, 3.63) is 0 Å². The van der Waals surface area contributed by atoms with Gasteiger partial charge in [0.1, 0.15) is 0 Å². The van der Waals surface area contributed by atoms with E-state index in [1.54, 1.807) is 4.72 Å². The Morgan fingerprint density at radius 3 is 2.13 bits per heavy atom. The van der Waals surface area contributed by atoms with E-state index < -0.39 is 15.8 Å². The van der Waals surface area contributed by atoms with Gasteiger partial charge in [-0.3, -0.25) is 4.79 Å². The summed E-state index contributed by atoms with van der Waals surface area (Å²) in [7, 11) is -4.56. The molecule has 23 heavy (non-hydrogen) atoms. The molecule has 0 amide bonds. The highest BCUT2D eigenvalue weighted by molar-refractivity contribution is 7.89. The number of rotatable bonds is 7. The van der Waals surface area contributed by atoms with Crippen molar-refractivity contribution in [2.24, 2.45) is 23.2 Å². The molecule has 4 aliphatic carbocycles. The van der Waals surface area contributed by atoms with E-state index in [2.05, 4.69) is 0 Å². The van der Waals surface area contributed by atoms with Gasteiger partial charge in [0.25, 0.3) is 10.0 Å². The van der Waals surface area contributed by atoms with Crippen LogP contribution in [-0.2, 0) is 19.6 Å². The lowest BCUT2D eigenvalue weighted by atomic mass is 9.49. The molecule has 4 aliphatic rings. The van der Waals surface area contributed by atoms with Crippen molar-refractivity contribution >= 4 is 16.0 Å². The lowest BCUT2D eigenvalue weighted by molar-refractivity contribution is -0.171. The van der Waals surface area contributed by atoms with Crippen molar-refractivity contribution in [2.45, 2.75) is 50.7 Å². The van der Waals surface area contributed by atoms with Crippen molar-refractivity contribution < 1.29 is 26.7 Å². The van der Waals surface area contributed by atoms with Crippen LogP contribution in [0.5, 0.6) is 0 Å². The average molecular weight is 351 g/mol. The second-order valence-electron chi connectivity index (χ2n) is 7.39. The van der Waals surface area contributed by atoms with E-state index in [4.69, 9.17) is 4.74 Å². The van der Waals surface area contributed by atoms with Crippen molar-refractivity contribution in [2.75, 3.05) is 13.2 Å². The third-order valence-electron chi connectivity index (χ3n) is 5.56. The van der Waals surface area contributed by atoms with E-state index in [0.29, 0.717) is 17.8 Å². The minimum absolute atomic E-state index is 0.0618. The van der Waals surface area contributed by atoms with E-state index in [1.807, 2.05) is 0 Å². The fourth-order valence-electron chi connectivity index (χ4n) is 5.03. The SMILES string of the molecule is O=C(OCCCNS(=O)(=O)C(F)F)C12CC3CC(CC(C3)C1)C2. The molecule has 0 heterocycles. The number of sulfonamides is 1. The van der Waals surface area contributed by atoms with Gasteiger partial charge in [-0.2, -0.15) is 8.78 Å². The lowest BCUT2D eigenvalue weighted by Gasteiger charge is -2.55. The third kappa shape index (κ3) is 3.52. The number of halogens is 2. The largest absolute Gasteiger partial charge is 0.465 e. The number of ether oxygens (including phenoxy) is 1. The first-order chi connectivity index (χ1) is 10.8. The Morgan fingerprint density at radius 2 is 1.65 bits per heavy atom. The Bertz CT molecular complexity index is 529. The number of hydrogen-bond acceptors (Lipinski definition) is 4. The first-order valence-electron chi connectivity index (χ1n) is 8.24. The minimum atomic E-state index is -4.56. The first kappa shape index (κ1) is 17.1. The van der Waals surface area contributed by atoms with E-state index in [9.17, 15) is 22.0 Å². The topological polar surface area (TPSA) is 72.5 Å². The normalized spacial score (nSPS) is 35.7. The fourth-order valence-corrected chi connectivity index (χ4v) is 5.58. The van der Waals surface area contributed by atoms with Gasteiger partial charge in [0.15, 0.2) is 0 Å². The third-order valence-corrected chi connectivity index (χ3v) is 6.64. The highest BCUT2D eigenvalue weighted by Gasteiger charge is 2.55. The molecule has 8 heteroatoms. The van der Waals surface area contributed by atoms with Gasteiger partial charge in [-0.15, -0.1) is 0 Å². The summed E-state index contributed by atoms with van der Waals surface area (Å²) in [6.45, 7) is -0.0901. The molecule has 132 valence electrons. The molecule has 0 aromatic carbocycles. The standard InChI is InChI=1S/C15H23F2NO4S/c16-14(17)23(20,21)18-2-1-3-22-13(19)15-7-10-4-11(8-15)6-12(5-10)9-15/h10-12,14,18H,1-9H2. The minimum Gasteiger partial charge on any atom is -0.465 e. The Kier molecular flexibility index (Phi) is 4.66. The van der Waals surface area contributed by atoms with Crippen LogP contribution in [0.15, 0.2) is 0 Å². The van der Waals surface area contributed by atoms with Gasteiger partial charge in [0.05, 0.1) is 12.0 Å². The molecule has 4 saturated carbocycles. The summed E-state index contributed by atoms with van der Waals surface area (Å²) in [6, 6.07) is 0. The Hall–Kier alpha value is -0.760. The summed E-state index contributed by atoms with van der Waals surface area (Å²) in [4.78, 5) is 12.5. The zero-order valence-electron chi connectivity index (χ0n) is 13.0. The maximum absolute atomic E-state index is 12.5. The highest BCUT2D eigenvalue weighted by atomic mass is 32.2. The molecular formula is C15H23F2NO4S. The van der Waals surface area contributed by atoms with Crippen LogP contribution >= 0.6 is 0 Å². The van der Waals surface area contributed by atoms with Gasteiger partial charge in [0, 0.05) is 6.54 Å². The molecule has 0 unspecified atom stereocenters. The molecule has 4 bridgehead atoms. The van der Waals surface area contributed by atoms with Gasteiger partial charge < -0.3 is 4.74 Å². The number of hydrogen-bond donors (Lipinski definition) is 1. The van der Waals surface area contributed by atoms with Crippen LogP contribution < -0.4 is 4.72 Å². The van der Waals surface area contributed by atoms with Crippen LogP contribution in [0.25, 0.3) is 0 Å². The van der Waals surface area contributed by atoms with Crippen LogP contribution in [0.1, 0.15) is 44.9 Å². The second kappa shape index (κ2) is 6.27. The van der Waals surface area contributed by atoms with Gasteiger partial charge in [0.2, 0.25) is 0 Å². The van der Waals surface area contributed by atoms with E-state index in [0.717, 1.165) is 19.3 Å². The molecule has 4 rings (SSSR count). The average Bonchev–Trinajstić information content (AvgIpc) is 2.45. The molecule has 4 fully saturated rings. The molecule has 1 N–H and O–H groups in total. The van der Waals surface area contributed by atoms with E-state index in [-0.39, 0.29) is 31.0 Å². The van der Waals surface area contributed by atoms with E-state index >= 15 is 0 Å². The molecule has 0 aromatic rings. The van der Waals surface area contributed by atoms with Crippen LogP contribution in [0.4, 0.5) is 8.78 Å². The molecule has 0 saturated heterocycles. The van der Waals surface area contributed by atoms with Gasteiger partial charge in [-0.05, 0) is 62.7 Å². The highest BCUT2D eigenvalue weighted by Crippen LogP contribution is 2.60. The predicted octanol–water partition coefficient (Wildman–Crippen LogP) is 2.28. The molecular weight excluding hydrogens is 328 g/mol. The van der Waals surface area contributed by atoms with E-state index in [1.165, 1.54) is 19.3 Å². The summed E-state index contributed by atoms with van der Waals surface area (Å²) in [5.41, 5.74) is -0.336. The van der Waals surface area contributed by atoms with Crippen molar-refractivity contribution in [1.82, 2.24) is 4.72 Å². The molecule has 0 radical (unpaired) electrons. The number of carbonyl (C=O) groups excluding carboxylic acids is 1. The van der Waals surface area contributed by atoms with Gasteiger partial charge in [-0.25, -0.2) is 13.1 Å². The first-order valence-corrected chi connectivity index (χ1v) is 9.79. The monoisotopic (exact) mass is 351 g/mol. The number of alkyl halides is 2. The fraction of sp³-hybridized carbons (Fsp3) is 0.933. The quantitative estimate of drug-likeness (QED) is 0.564. The van der Waals surface area contributed by atoms with Crippen LogP contribution in [-0.4, -0.2) is 33.3 Å². The summed E-state index contributed by atoms with van der Waals surface area (Å²) in [5.74, 6) is -1.67. The van der Waals surface area contributed by atoms with Crippen LogP contribution in [0.3, 0.4) is 0 Å². The number of nitrogens with one attached hydrogen (secondary N) is 1. The summed E-state index contributed by atoms with van der Waals surface area (Å²) in [6.07, 6.45) is 6.65.